The van der Waals surface area contributed by atoms with Gasteiger partial charge in [-0.05, 0) is 39.7 Å². The van der Waals surface area contributed by atoms with Crippen molar-refractivity contribution in [3.05, 3.63) is 0 Å². The largest absolute Gasteiger partial charge is 0.355 e. The van der Waals surface area contributed by atoms with Crippen LogP contribution in [-0.4, -0.2) is 49.6 Å². The van der Waals surface area contributed by atoms with Crippen LogP contribution in [0.3, 0.4) is 0 Å². The zero-order chi connectivity index (χ0) is 13.4. The van der Waals surface area contributed by atoms with Crippen molar-refractivity contribution in [1.29, 1.82) is 0 Å². The molecule has 0 aromatic carbocycles. The van der Waals surface area contributed by atoms with E-state index in [1.807, 2.05) is 7.05 Å². The van der Waals surface area contributed by atoms with E-state index in [1.165, 1.54) is 25.8 Å². The van der Waals surface area contributed by atoms with Crippen molar-refractivity contribution in [3.63, 3.8) is 0 Å². The Morgan fingerprint density at radius 3 is 2.83 bits per heavy atom. The van der Waals surface area contributed by atoms with Crippen LogP contribution in [0.5, 0.6) is 0 Å². The standard InChI is InChI=1S/C14H30N4/c1-5-12(2)17-14(15-4)16-9-11-18-10-7-6-8-13(18)3/h12-13H,5-11H2,1-4H3,(H2,15,16,17). The molecule has 1 fully saturated rings. The third kappa shape index (κ3) is 5.25. The summed E-state index contributed by atoms with van der Waals surface area (Å²) in [6, 6.07) is 1.22. The molecular weight excluding hydrogens is 224 g/mol. The lowest BCUT2D eigenvalue weighted by molar-refractivity contribution is 0.163. The van der Waals surface area contributed by atoms with Gasteiger partial charge in [0.2, 0.25) is 0 Å². The molecule has 4 heteroatoms. The molecule has 0 spiro atoms. The SMILES string of the molecule is CCC(C)NC(=NC)NCCN1CCCCC1C. The van der Waals surface area contributed by atoms with Crippen LogP contribution in [0.2, 0.25) is 0 Å². The monoisotopic (exact) mass is 254 g/mol. The predicted molar refractivity (Wildman–Crippen MR) is 79.1 cm³/mol. The topological polar surface area (TPSA) is 39.7 Å². The van der Waals surface area contributed by atoms with Crippen LogP contribution in [0.1, 0.15) is 46.5 Å². The highest BCUT2D eigenvalue weighted by Gasteiger charge is 2.17. The first kappa shape index (κ1) is 15.3. The van der Waals surface area contributed by atoms with Crippen molar-refractivity contribution in [1.82, 2.24) is 15.5 Å². The molecule has 1 rings (SSSR count). The summed E-state index contributed by atoms with van der Waals surface area (Å²) < 4.78 is 0. The van der Waals surface area contributed by atoms with Crippen molar-refractivity contribution >= 4 is 5.96 Å². The zero-order valence-corrected chi connectivity index (χ0v) is 12.5. The van der Waals surface area contributed by atoms with Gasteiger partial charge in [0.15, 0.2) is 5.96 Å². The predicted octanol–water partition coefficient (Wildman–Crippen LogP) is 1.82. The highest BCUT2D eigenvalue weighted by atomic mass is 15.2. The maximum Gasteiger partial charge on any atom is 0.191 e. The van der Waals surface area contributed by atoms with Crippen LogP contribution < -0.4 is 10.6 Å². The number of nitrogens with zero attached hydrogens (tertiary/aromatic N) is 2. The number of hydrogen-bond acceptors (Lipinski definition) is 2. The van der Waals surface area contributed by atoms with Crippen LogP contribution in [-0.2, 0) is 0 Å². The van der Waals surface area contributed by atoms with Crippen molar-refractivity contribution in [3.8, 4) is 0 Å². The molecule has 2 atom stereocenters. The van der Waals surface area contributed by atoms with Crippen molar-refractivity contribution < 1.29 is 0 Å². The molecule has 106 valence electrons. The lowest BCUT2D eigenvalue weighted by Crippen LogP contribution is -2.46. The summed E-state index contributed by atoms with van der Waals surface area (Å²) in [4.78, 5) is 6.83. The first-order valence-electron chi connectivity index (χ1n) is 7.38. The molecule has 1 heterocycles. The van der Waals surface area contributed by atoms with E-state index < -0.39 is 0 Å². The first-order chi connectivity index (χ1) is 8.67. The van der Waals surface area contributed by atoms with Crippen molar-refractivity contribution in [2.24, 2.45) is 4.99 Å². The van der Waals surface area contributed by atoms with E-state index in [-0.39, 0.29) is 0 Å². The number of piperidine rings is 1. The fourth-order valence-corrected chi connectivity index (χ4v) is 2.34. The van der Waals surface area contributed by atoms with Gasteiger partial charge in [-0.15, -0.1) is 0 Å². The van der Waals surface area contributed by atoms with Gasteiger partial charge in [0.1, 0.15) is 0 Å². The van der Waals surface area contributed by atoms with E-state index in [9.17, 15) is 0 Å². The smallest absolute Gasteiger partial charge is 0.191 e. The van der Waals surface area contributed by atoms with Crippen molar-refractivity contribution in [2.75, 3.05) is 26.7 Å². The Hall–Kier alpha value is -0.770. The summed E-state index contributed by atoms with van der Waals surface area (Å²) in [5.41, 5.74) is 0. The van der Waals surface area contributed by atoms with Crippen LogP contribution in [0.25, 0.3) is 0 Å². The molecule has 1 aliphatic heterocycles. The fraction of sp³-hybridized carbons (Fsp3) is 0.929. The first-order valence-corrected chi connectivity index (χ1v) is 7.38. The fourth-order valence-electron chi connectivity index (χ4n) is 2.34. The minimum Gasteiger partial charge on any atom is -0.355 e. The van der Waals surface area contributed by atoms with E-state index in [1.54, 1.807) is 0 Å². The molecule has 0 radical (unpaired) electrons. The molecule has 2 N–H and O–H groups in total. The highest BCUT2D eigenvalue weighted by Crippen LogP contribution is 2.15. The average Bonchev–Trinajstić information content (AvgIpc) is 2.39. The number of hydrogen-bond donors (Lipinski definition) is 2. The molecule has 0 aromatic rings. The summed E-state index contributed by atoms with van der Waals surface area (Å²) in [7, 11) is 1.83. The molecular formula is C14H30N4. The second kappa shape index (κ2) is 8.35. The van der Waals surface area contributed by atoms with E-state index in [0.717, 1.165) is 31.5 Å². The summed E-state index contributed by atoms with van der Waals surface area (Å²) >= 11 is 0. The number of nitrogens with one attached hydrogen (secondary N) is 2. The summed E-state index contributed by atoms with van der Waals surface area (Å²) in [6.45, 7) is 10.0. The summed E-state index contributed by atoms with van der Waals surface area (Å²) in [5, 5.41) is 6.79. The lowest BCUT2D eigenvalue weighted by Gasteiger charge is -2.33. The molecule has 4 nitrogen and oxygen atoms in total. The average molecular weight is 254 g/mol. The molecule has 1 aliphatic rings. The maximum absolute atomic E-state index is 4.25. The molecule has 2 unspecified atom stereocenters. The number of rotatable bonds is 5. The molecule has 18 heavy (non-hydrogen) atoms. The summed E-state index contributed by atoms with van der Waals surface area (Å²) in [6.07, 6.45) is 5.20. The third-order valence-corrected chi connectivity index (χ3v) is 3.85. The van der Waals surface area contributed by atoms with Crippen LogP contribution >= 0.6 is 0 Å². The Morgan fingerprint density at radius 1 is 1.44 bits per heavy atom. The van der Waals surface area contributed by atoms with E-state index in [4.69, 9.17) is 0 Å². The minimum atomic E-state index is 0.477. The Morgan fingerprint density at radius 2 is 2.22 bits per heavy atom. The number of guanidine groups is 1. The van der Waals surface area contributed by atoms with Gasteiger partial charge in [0.05, 0.1) is 0 Å². The van der Waals surface area contributed by atoms with Gasteiger partial charge in [-0.25, -0.2) is 0 Å². The lowest BCUT2D eigenvalue weighted by atomic mass is 10.0. The van der Waals surface area contributed by atoms with Gasteiger partial charge in [-0.1, -0.05) is 13.3 Å². The normalized spacial score (nSPS) is 23.8. The van der Waals surface area contributed by atoms with Gasteiger partial charge in [0.25, 0.3) is 0 Å². The summed E-state index contributed by atoms with van der Waals surface area (Å²) in [5.74, 6) is 0.925. The van der Waals surface area contributed by atoms with Gasteiger partial charge >= 0.3 is 0 Å². The van der Waals surface area contributed by atoms with E-state index in [0.29, 0.717) is 6.04 Å². The maximum atomic E-state index is 4.25. The Balaban J connectivity index is 2.22. The molecule has 0 aliphatic carbocycles. The molecule has 0 saturated carbocycles. The third-order valence-electron chi connectivity index (χ3n) is 3.85. The Labute approximate surface area is 112 Å². The Kier molecular flexibility index (Phi) is 7.09. The van der Waals surface area contributed by atoms with Crippen molar-refractivity contribution in [2.45, 2.75) is 58.5 Å². The quantitative estimate of drug-likeness (QED) is 0.581. The van der Waals surface area contributed by atoms with Crippen LogP contribution in [0, 0.1) is 0 Å². The molecule has 0 bridgehead atoms. The van der Waals surface area contributed by atoms with E-state index >= 15 is 0 Å². The minimum absolute atomic E-state index is 0.477. The van der Waals surface area contributed by atoms with Gasteiger partial charge in [0, 0.05) is 32.2 Å². The molecule has 0 aromatic heterocycles. The van der Waals surface area contributed by atoms with Crippen LogP contribution in [0.4, 0.5) is 0 Å². The number of likely N-dealkylation sites (tertiary alicyclic amines) is 1. The second-order valence-corrected chi connectivity index (χ2v) is 5.33. The van der Waals surface area contributed by atoms with Gasteiger partial charge < -0.3 is 10.6 Å². The van der Waals surface area contributed by atoms with Gasteiger partial charge in [-0.2, -0.15) is 0 Å². The van der Waals surface area contributed by atoms with Crippen LogP contribution in [0.15, 0.2) is 4.99 Å². The zero-order valence-electron chi connectivity index (χ0n) is 12.5. The second-order valence-electron chi connectivity index (χ2n) is 5.33. The van der Waals surface area contributed by atoms with E-state index in [2.05, 4.69) is 41.3 Å². The molecule has 0 amide bonds. The number of aliphatic imine (C=N–C) groups is 1. The molecule has 1 saturated heterocycles. The Bertz CT molecular complexity index is 252. The van der Waals surface area contributed by atoms with Gasteiger partial charge in [-0.3, -0.25) is 9.89 Å². The highest BCUT2D eigenvalue weighted by molar-refractivity contribution is 5.79.